The Labute approximate surface area is 145 Å². The van der Waals surface area contributed by atoms with E-state index < -0.39 is 0 Å². The smallest absolute Gasteiger partial charge is 0.340 e. The van der Waals surface area contributed by atoms with E-state index in [9.17, 15) is 9.59 Å². The van der Waals surface area contributed by atoms with E-state index in [1.165, 1.54) is 25.7 Å². The minimum absolute atomic E-state index is 0.0723. The van der Waals surface area contributed by atoms with Gasteiger partial charge in [0.1, 0.15) is 0 Å². The van der Waals surface area contributed by atoms with Crippen molar-refractivity contribution in [2.75, 3.05) is 20.7 Å². The van der Waals surface area contributed by atoms with E-state index >= 15 is 0 Å². The van der Waals surface area contributed by atoms with Crippen molar-refractivity contribution in [1.82, 2.24) is 4.98 Å². The number of aromatic nitrogens is 1. The molecule has 1 heterocycles. The van der Waals surface area contributed by atoms with Gasteiger partial charge in [-0.2, -0.15) is 0 Å². The van der Waals surface area contributed by atoms with E-state index in [1.807, 2.05) is 20.8 Å². The second-order valence-corrected chi connectivity index (χ2v) is 7.45. The number of hydrogen-bond acceptors (Lipinski definition) is 3. The third-order valence-corrected chi connectivity index (χ3v) is 5.81. The number of H-pyrrole nitrogens is 1. The van der Waals surface area contributed by atoms with Gasteiger partial charge in [0.25, 0.3) is 0 Å². The SMILES string of the molecule is CCOC(=O)c1c(C)[nH]c(C(=O)[C@@H](C)[N+](C)(C)C2CCCC2)c1C. The highest BCUT2D eigenvalue weighted by atomic mass is 16.5. The molecular formula is C19H31N2O3+. The predicted octanol–water partition coefficient (Wildman–Crippen LogP) is 3.40. The van der Waals surface area contributed by atoms with Gasteiger partial charge in [-0.3, -0.25) is 4.79 Å². The predicted molar refractivity (Wildman–Crippen MR) is 94.4 cm³/mol. The first kappa shape index (κ1) is 18.7. The van der Waals surface area contributed by atoms with Crippen molar-refractivity contribution < 1.29 is 18.8 Å². The van der Waals surface area contributed by atoms with Crippen LogP contribution in [0.1, 0.15) is 71.6 Å². The number of nitrogens with zero attached hydrogens (tertiary/aromatic N) is 1. The van der Waals surface area contributed by atoms with Crippen LogP contribution in [0, 0.1) is 13.8 Å². The monoisotopic (exact) mass is 335 g/mol. The van der Waals surface area contributed by atoms with Crippen LogP contribution >= 0.6 is 0 Å². The van der Waals surface area contributed by atoms with Gasteiger partial charge in [0.15, 0.2) is 6.04 Å². The molecule has 5 nitrogen and oxygen atoms in total. The van der Waals surface area contributed by atoms with Gasteiger partial charge in [-0.1, -0.05) is 0 Å². The van der Waals surface area contributed by atoms with E-state index in [4.69, 9.17) is 4.74 Å². The molecule has 1 saturated carbocycles. The number of aryl methyl sites for hydroxylation is 1. The molecule has 0 spiro atoms. The van der Waals surface area contributed by atoms with Gasteiger partial charge in [-0.25, -0.2) is 4.79 Å². The highest BCUT2D eigenvalue weighted by Crippen LogP contribution is 2.30. The van der Waals surface area contributed by atoms with Gasteiger partial charge in [0, 0.05) is 5.69 Å². The van der Waals surface area contributed by atoms with E-state index in [-0.39, 0.29) is 17.8 Å². The van der Waals surface area contributed by atoms with Crippen LogP contribution in [0.2, 0.25) is 0 Å². The van der Waals surface area contributed by atoms with Crippen molar-refractivity contribution in [1.29, 1.82) is 0 Å². The van der Waals surface area contributed by atoms with Crippen LogP contribution in [0.5, 0.6) is 0 Å². The minimum Gasteiger partial charge on any atom is -0.462 e. The average Bonchev–Trinajstić information content (AvgIpc) is 3.14. The molecule has 2 rings (SSSR count). The lowest BCUT2D eigenvalue weighted by Gasteiger charge is -2.40. The summed E-state index contributed by atoms with van der Waals surface area (Å²) in [7, 11) is 4.30. The van der Waals surface area contributed by atoms with Gasteiger partial charge in [-0.15, -0.1) is 0 Å². The van der Waals surface area contributed by atoms with Gasteiger partial charge >= 0.3 is 5.97 Å². The standard InChI is InChI=1S/C19H30N2O3/c1-7-24-19(23)16-12(2)17(20-13(16)3)18(22)14(4)21(5,6)15-10-8-9-11-15/h14-15H,7-11H2,1-6H3/p+1/t14-/m1/s1. The second kappa shape index (κ2) is 7.09. The van der Waals surface area contributed by atoms with E-state index in [0.29, 0.717) is 39.6 Å². The summed E-state index contributed by atoms with van der Waals surface area (Å²) in [5, 5.41) is 0. The van der Waals surface area contributed by atoms with Crippen LogP contribution in [0.25, 0.3) is 0 Å². The lowest BCUT2D eigenvalue weighted by atomic mass is 10.0. The first-order valence-electron chi connectivity index (χ1n) is 8.95. The number of rotatable bonds is 6. The topological polar surface area (TPSA) is 59.2 Å². The Balaban J connectivity index is 2.29. The summed E-state index contributed by atoms with van der Waals surface area (Å²) in [6, 6.07) is 0.379. The van der Waals surface area contributed by atoms with Crippen LogP contribution in [-0.4, -0.2) is 54.0 Å². The molecule has 1 aliphatic rings. The summed E-state index contributed by atoms with van der Waals surface area (Å²) in [6.07, 6.45) is 4.87. The molecule has 0 unspecified atom stereocenters. The first-order valence-corrected chi connectivity index (χ1v) is 8.95. The summed E-state index contributed by atoms with van der Waals surface area (Å²) in [4.78, 5) is 28.4. The van der Waals surface area contributed by atoms with Gasteiger partial charge < -0.3 is 14.2 Å². The normalized spacial score (nSPS) is 17.1. The molecule has 1 aromatic rings. The number of hydrogen-bond donors (Lipinski definition) is 1. The zero-order valence-corrected chi connectivity index (χ0v) is 15.9. The molecule has 0 aliphatic heterocycles. The van der Waals surface area contributed by atoms with E-state index in [2.05, 4.69) is 19.1 Å². The second-order valence-electron chi connectivity index (χ2n) is 7.45. The van der Waals surface area contributed by atoms with Crippen molar-refractivity contribution in [3.63, 3.8) is 0 Å². The van der Waals surface area contributed by atoms with E-state index in [0.717, 1.165) is 0 Å². The highest BCUT2D eigenvalue weighted by Gasteiger charge is 2.40. The van der Waals surface area contributed by atoms with Crippen LogP contribution < -0.4 is 0 Å². The molecule has 1 aromatic heterocycles. The fourth-order valence-electron chi connectivity index (χ4n) is 3.90. The van der Waals surface area contributed by atoms with Gasteiger partial charge in [-0.05, 0) is 58.9 Å². The Kier molecular flexibility index (Phi) is 5.53. The Morgan fingerprint density at radius 3 is 2.38 bits per heavy atom. The Hall–Kier alpha value is -1.62. The van der Waals surface area contributed by atoms with Crippen LogP contribution in [0.4, 0.5) is 0 Å². The number of ether oxygens (including phenoxy) is 1. The molecule has 1 atom stereocenters. The van der Waals surface area contributed by atoms with Gasteiger partial charge in [0.05, 0.1) is 38.0 Å². The van der Waals surface area contributed by atoms with Crippen molar-refractivity contribution >= 4 is 11.8 Å². The largest absolute Gasteiger partial charge is 0.462 e. The molecule has 1 aliphatic carbocycles. The summed E-state index contributed by atoms with van der Waals surface area (Å²) < 4.78 is 5.82. The first-order chi connectivity index (χ1) is 11.2. The quantitative estimate of drug-likeness (QED) is 0.492. The number of carbonyl (C=O) groups excluding carboxylic acids is 2. The number of Topliss-reactive ketones (excluding diaryl/α,β-unsaturated/α-hetero) is 1. The summed E-state index contributed by atoms with van der Waals surface area (Å²) in [5.41, 5.74) is 2.45. The van der Waals surface area contributed by atoms with Crippen LogP contribution in [0.15, 0.2) is 0 Å². The minimum atomic E-state index is -0.361. The zero-order chi connectivity index (χ0) is 18.1. The number of nitrogens with one attached hydrogen (secondary N) is 1. The van der Waals surface area contributed by atoms with Crippen molar-refractivity contribution in [3.8, 4) is 0 Å². The van der Waals surface area contributed by atoms with Crippen LogP contribution in [-0.2, 0) is 4.74 Å². The molecule has 0 saturated heterocycles. The number of quaternary nitrogens is 1. The molecule has 1 N–H and O–H groups in total. The molecule has 0 amide bonds. The lowest BCUT2D eigenvalue weighted by Crippen LogP contribution is -2.56. The number of aromatic amines is 1. The fraction of sp³-hybridized carbons (Fsp3) is 0.684. The maximum Gasteiger partial charge on any atom is 0.340 e. The summed E-state index contributed by atoms with van der Waals surface area (Å²) >= 11 is 0. The number of likely N-dealkylation sites (N-methyl/N-ethyl adjacent to an activating group) is 1. The Bertz CT molecular complexity index is 625. The van der Waals surface area contributed by atoms with Crippen molar-refractivity contribution in [2.45, 2.75) is 65.5 Å². The van der Waals surface area contributed by atoms with Gasteiger partial charge in [0.2, 0.25) is 5.78 Å². The van der Waals surface area contributed by atoms with Crippen molar-refractivity contribution in [3.05, 3.63) is 22.5 Å². The highest BCUT2D eigenvalue weighted by molar-refractivity contribution is 6.03. The maximum absolute atomic E-state index is 13.1. The third kappa shape index (κ3) is 3.27. The Morgan fingerprint density at radius 2 is 1.83 bits per heavy atom. The zero-order valence-electron chi connectivity index (χ0n) is 15.9. The summed E-state index contributed by atoms with van der Waals surface area (Å²) in [5.74, 6) is -0.289. The molecule has 5 heteroatoms. The third-order valence-electron chi connectivity index (χ3n) is 5.81. The molecule has 0 aromatic carbocycles. The molecule has 134 valence electrons. The molecule has 1 fully saturated rings. The van der Waals surface area contributed by atoms with E-state index in [1.54, 1.807) is 6.92 Å². The maximum atomic E-state index is 13.1. The van der Waals surface area contributed by atoms with Crippen molar-refractivity contribution in [2.24, 2.45) is 0 Å². The average molecular weight is 335 g/mol. The van der Waals surface area contributed by atoms with Crippen LogP contribution in [0.3, 0.4) is 0 Å². The number of ketones is 1. The Morgan fingerprint density at radius 1 is 1.25 bits per heavy atom. The molecule has 0 radical (unpaired) electrons. The molecular weight excluding hydrogens is 304 g/mol. The fourth-order valence-corrected chi connectivity index (χ4v) is 3.90. The number of esters is 1. The molecule has 24 heavy (non-hydrogen) atoms. The number of carbonyl (C=O) groups is 2. The summed E-state index contributed by atoms with van der Waals surface area (Å²) in [6.45, 7) is 7.75. The lowest BCUT2D eigenvalue weighted by molar-refractivity contribution is -0.927. The molecule has 0 bridgehead atoms.